The van der Waals surface area contributed by atoms with Crippen LogP contribution in [0.15, 0.2) is 12.1 Å². The zero-order chi connectivity index (χ0) is 22.9. The van der Waals surface area contributed by atoms with Gasteiger partial charge in [0.25, 0.3) is 6.47 Å². The van der Waals surface area contributed by atoms with Crippen molar-refractivity contribution in [3.63, 3.8) is 0 Å². The summed E-state index contributed by atoms with van der Waals surface area (Å²) >= 11 is 6.12. The molecule has 0 saturated carbocycles. The molecule has 1 aliphatic rings. The molecule has 1 fully saturated rings. The van der Waals surface area contributed by atoms with Crippen molar-refractivity contribution in [2.24, 2.45) is 5.92 Å². The van der Waals surface area contributed by atoms with E-state index in [1.54, 1.807) is 20.8 Å². The van der Waals surface area contributed by atoms with Gasteiger partial charge in [-0.1, -0.05) is 11.6 Å². The number of rotatable bonds is 5. The summed E-state index contributed by atoms with van der Waals surface area (Å²) in [5.41, 5.74) is -1.20. The highest BCUT2D eigenvalue weighted by Crippen LogP contribution is 2.29. The van der Waals surface area contributed by atoms with Gasteiger partial charge in [-0.3, -0.25) is 4.79 Å². The Hall–Kier alpha value is -1.86. The van der Waals surface area contributed by atoms with E-state index in [4.69, 9.17) is 21.1 Å². The van der Waals surface area contributed by atoms with Gasteiger partial charge in [-0.05, 0) is 67.0 Å². The van der Waals surface area contributed by atoms with Gasteiger partial charge in [-0.15, -0.1) is 0 Å². The maximum absolute atomic E-state index is 14.2. The molecule has 0 unspecified atom stereocenters. The molecule has 1 atom stereocenters. The highest BCUT2D eigenvalue weighted by atomic mass is 35.5. The third-order valence-electron chi connectivity index (χ3n) is 3.92. The zero-order valence-electron chi connectivity index (χ0n) is 18.6. The zero-order valence-corrected chi connectivity index (χ0v) is 19.4. The van der Waals surface area contributed by atoms with E-state index >= 15 is 0 Å². The first-order chi connectivity index (χ1) is 13.8. The molecule has 1 aromatic carbocycles. The first-order valence-electron chi connectivity index (χ1n) is 10.00. The summed E-state index contributed by atoms with van der Waals surface area (Å²) in [5, 5.41) is 3.50. The molecule has 30 heavy (non-hydrogen) atoms. The van der Waals surface area contributed by atoms with E-state index in [0.717, 1.165) is 32.0 Å². The van der Waals surface area contributed by atoms with Gasteiger partial charge >= 0.3 is 5.97 Å². The van der Waals surface area contributed by atoms with Crippen LogP contribution in [0.25, 0.3) is 0 Å². The first kappa shape index (κ1) is 26.2. The molecule has 0 bridgehead atoms. The Morgan fingerprint density at radius 1 is 1.23 bits per heavy atom. The van der Waals surface area contributed by atoms with Crippen molar-refractivity contribution in [2.45, 2.75) is 65.6 Å². The molecule has 6 nitrogen and oxygen atoms in total. The second-order valence-corrected chi connectivity index (χ2v) is 9.52. The van der Waals surface area contributed by atoms with Crippen LogP contribution in [0.5, 0.6) is 5.75 Å². The minimum Gasteiger partial charge on any atom is -0.492 e. The number of carbonyl (C=O) groups excluding carboxylic acids is 2. The van der Waals surface area contributed by atoms with Crippen LogP contribution < -0.4 is 10.1 Å². The molecule has 0 amide bonds. The van der Waals surface area contributed by atoms with E-state index in [1.807, 2.05) is 20.8 Å². The fourth-order valence-electron chi connectivity index (χ4n) is 2.55. The minimum atomic E-state index is -0.736. The summed E-state index contributed by atoms with van der Waals surface area (Å²) in [5.74, 6) is -0.796. The maximum atomic E-state index is 14.2. The normalized spacial score (nSPS) is 16.7. The molecule has 8 heteroatoms. The SMILES string of the molecule is CC(C)(C)OC(=O)c1cc(Cl)c(OC[C@@H]2CCCNC2)cc1F.CC(C)(C)OC=O. The second-order valence-electron chi connectivity index (χ2n) is 9.11. The lowest BCUT2D eigenvalue weighted by Crippen LogP contribution is -2.33. The Balaban J connectivity index is 0.000000553. The predicted octanol–water partition coefficient (Wildman–Crippen LogP) is 4.77. The fraction of sp³-hybridized carbons (Fsp3) is 0.636. The number of hydrogen-bond acceptors (Lipinski definition) is 6. The number of piperidine rings is 1. The average Bonchev–Trinajstić information content (AvgIpc) is 2.61. The number of hydrogen-bond donors (Lipinski definition) is 1. The van der Waals surface area contributed by atoms with E-state index in [9.17, 15) is 14.0 Å². The maximum Gasteiger partial charge on any atom is 0.341 e. The standard InChI is InChI=1S/C17H23ClFNO3.C5H10O2/c1-17(2,3)23-16(21)12-7-13(18)15(8-14(12)19)22-10-11-5-4-6-20-9-11;1-5(2,3)7-4-6/h7-8,11,20H,4-6,9-10H2,1-3H3;4H,1-3H3/t11-;/m1./s1. The lowest BCUT2D eigenvalue weighted by molar-refractivity contribution is -0.138. The second kappa shape index (κ2) is 11.5. The molecule has 0 aromatic heterocycles. The molecule has 1 heterocycles. The molecule has 1 aromatic rings. The summed E-state index contributed by atoms with van der Waals surface area (Å²) < 4.78 is 29.5. The van der Waals surface area contributed by atoms with Crippen molar-refractivity contribution in [1.82, 2.24) is 5.32 Å². The quantitative estimate of drug-likeness (QED) is 0.519. The molecule has 2 rings (SSSR count). The summed E-state index contributed by atoms with van der Waals surface area (Å²) in [7, 11) is 0. The van der Waals surface area contributed by atoms with Crippen LogP contribution in [0.4, 0.5) is 4.39 Å². The molecule has 170 valence electrons. The molecular weight excluding hydrogens is 413 g/mol. The number of benzene rings is 1. The van der Waals surface area contributed by atoms with Gasteiger partial charge in [-0.2, -0.15) is 0 Å². The van der Waals surface area contributed by atoms with E-state index in [0.29, 0.717) is 19.0 Å². The number of ether oxygens (including phenoxy) is 3. The van der Waals surface area contributed by atoms with E-state index in [-0.39, 0.29) is 21.9 Å². The smallest absolute Gasteiger partial charge is 0.341 e. The van der Waals surface area contributed by atoms with E-state index in [1.165, 1.54) is 6.07 Å². The average molecular weight is 446 g/mol. The first-order valence-corrected chi connectivity index (χ1v) is 10.4. The largest absolute Gasteiger partial charge is 0.492 e. The Bertz CT molecular complexity index is 707. The molecular formula is C22H33ClFNO5. The summed E-state index contributed by atoms with van der Waals surface area (Å²) in [6, 6.07) is 2.41. The highest BCUT2D eigenvalue weighted by molar-refractivity contribution is 6.32. The van der Waals surface area contributed by atoms with Crippen molar-refractivity contribution in [3.05, 3.63) is 28.5 Å². The third-order valence-corrected chi connectivity index (χ3v) is 4.21. The van der Waals surface area contributed by atoms with Gasteiger partial charge in [0.05, 0.1) is 17.2 Å². The van der Waals surface area contributed by atoms with Crippen LogP contribution >= 0.6 is 11.6 Å². The van der Waals surface area contributed by atoms with Crippen molar-refractivity contribution in [2.75, 3.05) is 19.7 Å². The van der Waals surface area contributed by atoms with E-state index < -0.39 is 17.4 Å². The monoisotopic (exact) mass is 445 g/mol. The fourth-order valence-corrected chi connectivity index (χ4v) is 2.77. The molecule has 0 spiro atoms. The molecule has 1 saturated heterocycles. The Morgan fingerprint density at radius 2 is 1.90 bits per heavy atom. The summed E-state index contributed by atoms with van der Waals surface area (Å²) in [4.78, 5) is 21.6. The van der Waals surface area contributed by atoms with Gasteiger partial charge < -0.3 is 19.5 Å². The molecule has 0 aliphatic carbocycles. The summed E-state index contributed by atoms with van der Waals surface area (Å²) in [6.45, 7) is 13.5. The van der Waals surface area contributed by atoms with Crippen LogP contribution in [0, 0.1) is 11.7 Å². The number of halogens is 2. The van der Waals surface area contributed by atoms with Crippen LogP contribution in [-0.4, -0.2) is 43.3 Å². The predicted molar refractivity (Wildman–Crippen MR) is 115 cm³/mol. The molecule has 1 N–H and O–H groups in total. The van der Waals surface area contributed by atoms with Gasteiger partial charge in [0.1, 0.15) is 22.8 Å². The van der Waals surface area contributed by atoms with Gasteiger partial charge in [0.15, 0.2) is 0 Å². The Labute approximate surface area is 183 Å². The lowest BCUT2D eigenvalue weighted by atomic mass is 10.0. The van der Waals surface area contributed by atoms with Crippen LogP contribution in [0.1, 0.15) is 64.7 Å². The third kappa shape index (κ3) is 10.3. The number of nitrogens with one attached hydrogen (secondary N) is 1. The molecule has 0 radical (unpaired) electrons. The van der Waals surface area contributed by atoms with Crippen molar-refractivity contribution in [3.8, 4) is 5.75 Å². The van der Waals surface area contributed by atoms with Gasteiger partial charge in [0, 0.05) is 18.5 Å². The van der Waals surface area contributed by atoms with Crippen LogP contribution in [-0.2, 0) is 14.3 Å². The highest BCUT2D eigenvalue weighted by Gasteiger charge is 2.23. The van der Waals surface area contributed by atoms with Crippen molar-refractivity contribution >= 4 is 24.0 Å². The van der Waals surface area contributed by atoms with E-state index in [2.05, 4.69) is 10.1 Å². The van der Waals surface area contributed by atoms with Gasteiger partial charge in [-0.25, -0.2) is 9.18 Å². The molecule has 1 aliphatic heterocycles. The minimum absolute atomic E-state index is 0.184. The van der Waals surface area contributed by atoms with Crippen molar-refractivity contribution < 1.29 is 28.2 Å². The summed E-state index contributed by atoms with van der Waals surface area (Å²) in [6.07, 6.45) is 2.18. The van der Waals surface area contributed by atoms with Crippen LogP contribution in [0.2, 0.25) is 5.02 Å². The Morgan fingerprint density at radius 3 is 2.37 bits per heavy atom. The Kier molecular flexibility index (Phi) is 10.0. The lowest BCUT2D eigenvalue weighted by Gasteiger charge is -2.23. The topological polar surface area (TPSA) is 73.9 Å². The van der Waals surface area contributed by atoms with Crippen LogP contribution in [0.3, 0.4) is 0 Å². The van der Waals surface area contributed by atoms with Crippen molar-refractivity contribution in [1.29, 1.82) is 0 Å². The number of esters is 1. The number of carbonyl (C=O) groups is 2. The van der Waals surface area contributed by atoms with Gasteiger partial charge in [0.2, 0.25) is 0 Å².